The molecule has 0 aliphatic heterocycles. The number of nitrogens with one attached hydrogen (secondary N) is 2. The molecule has 2 aromatic rings. The van der Waals surface area contributed by atoms with E-state index in [9.17, 15) is 9.59 Å². The Balaban J connectivity index is 2.32. The first-order chi connectivity index (χ1) is 11.5. The zero-order valence-electron chi connectivity index (χ0n) is 14.8. The Morgan fingerprint density at radius 1 is 1.17 bits per heavy atom. The van der Waals surface area contributed by atoms with E-state index in [0.717, 1.165) is 23.9 Å². The van der Waals surface area contributed by atoms with Gasteiger partial charge >= 0.3 is 0 Å². The second-order valence-electron chi connectivity index (χ2n) is 6.05. The van der Waals surface area contributed by atoms with E-state index in [-0.39, 0.29) is 30.4 Å². The van der Waals surface area contributed by atoms with Gasteiger partial charge in [-0.3, -0.25) is 9.59 Å². The van der Waals surface area contributed by atoms with Crippen LogP contribution in [-0.2, 0) is 16.1 Å². The van der Waals surface area contributed by atoms with Crippen molar-refractivity contribution >= 4 is 22.8 Å². The Hall–Kier alpha value is -2.37. The maximum Gasteiger partial charge on any atom is 0.240 e. The van der Waals surface area contributed by atoms with Crippen LogP contribution in [0.1, 0.15) is 52.4 Å². The fraction of sp³-hybridized carbons (Fsp3) is 0.500. The second-order valence-corrected chi connectivity index (χ2v) is 6.05. The van der Waals surface area contributed by atoms with Crippen molar-refractivity contribution in [3.05, 3.63) is 30.1 Å². The molecule has 1 atom stereocenters. The largest absolute Gasteiger partial charge is 0.352 e. The molecule has 1 aromatic heterocycles. The average molecular weight is 330 g/mol. The van der Waals surface area contributed by atoms with Crippen LogP contribution in [0.3, 0.4) is 0 Å². The summed E-state index contributed by atoms with van der Waals surface area (Å²) in [5, 5.41) is 5.89. The van der Waals surface area contributed by atoms with Crippen molar-refractivity contribution in [1.82, 2.24) is 20.2 Å². The van der Waals surface area contributed by atoms with Gasteiger partial charge in [0.05, 0.1) is 17.1 Å². The molecular weight excluding hydrogens is 304 g/mol. The third kappa shape index (κ3) is 4.13. The molecule has 0 fully saturated rings. The van der Waals surface area contributed by atoms with Crippen LogP contribution in [0.25, 0.3) is 11.0 Å². The van der Waals surface area contributed by atoms with Gasteiger partial charge in [0, 0.05) is 13.0 Å². The standard InChI is InChI=1S/C18H26N4O2/c1-5-14(6-2)20-17(24)11-22-16-10-8-7-9-15(16)21-18(22)12(3)19-13(4)23/h7-10,12,14H,5-6,11H2,1-4H3,(H,19,23)(H,20,24)/t12-/m0/s1. The van der Waals surface area contributed by atoms with Crippen LogP contribution >= 0.6 is 0 Å². The Kier molecular flexibility index (Phi) is 5.95. The number of aromatic nitrogens is 2. The van der Waals surface area contributed by atoms with Gasteiger partial charge in [0.1, 0.15) is 12.4 Å². The summed E-state index contributed by atoms with van der Waals surface area (Å²) in [5.41, 5.74) is 1.71. The zero-order chi connectivity index (χ0) is 17.7. The summed E-state index contributed by atoms with van der Waals surface area (Å²) in [6.07, 6.45) is 1.81. The molecule has 0 aliphatic rings. The monoisotopic (exact) mass is 330 g/mol. The van der Waals surface area contributed by atoms with Crippen LogP contribution in [0.4, 0.5) is 0 Å². The minimum Gasteiger partial charge on any atom is -0.352 e. The summed E-state index contributed by atoms with van der Waals surface area (Å²) in [7, 11) is 0. The van der Waals surface area contributed by atoms with Gasteiger partial charge in [0.2, 0.25) is 11.8 Å². The molecule has 2 rings (SSSR count). The minimum absolute atomic E-state index is 0.0388. The van der Waals surface area contributed by atoms with Crippen LogP contribution in [0.15, 0.2) is 24.3 Å². The first-order valence-electron chi connectivity index (χ1n) is 8.47. The second kappa shape index (κ2) is 7.95. The molecule has 2 N–H and O–H groups in total. The lowest BCUT2D eigenvalue weighted by molar-refractivity contribution is -0.122. The number of amides is 2. The van der Waals surface area contributed by atoms with Gasteiger partial charge in [-0.1, -0.05) is 26.0 Å². The molecule has 24 heavy (non-hydrogen) atoms. The molecule has 0 saturated heterocycles. The number of rotatable bonds is 7. The summed E-state index contributed by atoms with van der Waals surface area (Å²) in [6.45, 7) is 7.66. The first kappa shape index (κ1) is 18.0. The summed E-state index contributed by atoms with van der Waals surface area (Å²) in [6, 6.07) is 7.60. The molecule has 6 heteroatoms. The normalized spacial score (nSPS) is 12.4. The highest BCUT2D eigenvalue weighted by Gasteiger charge is 2.19. The molecule has 0 radical (unpaired) electrons. The first-order valence-corrected chi connectivity index (χ1v) is 8.47. The fourth-order valence-corrected chi connectivity index (χ4v) is 2.87. The topological polar surface area (TPSA) is 76.0 Å². The number of imidazole rings is 1. The van der Waals surface area contributed by atoms with E-state index >= 15 is 0 Å². The Bertz CT molecular complexity index is 719. The van der Waals surface area contributed by atoms with Gasteiger partial charge in [0.25, 0.3) is 0 Å². The van der Waals surface area contributed by atoms with Crippen LogP contribution in [-0.4, -0.2) is 27.4 Å². The number of carbonyl (C=O) groups is 2. The maximum atomic E-state index is 12.4. The van der Waals surface area contributed by atoms with Gasteiger partial charge in [0.15, 0.2) is 0 Å². The molecule has 1 aromatic carbocycles. The predicted octanol–water partition coefficient (Wildman–Crippen LogP) is 2.54. The third-order valence-electron chi connectivity index (χ3n) is 4.14. The van der Waals surface area contributed by atoms with Crippen molar-refractivity contribution in [2.24, 2.45) is 0 Å². The molecule has 0 spiro atoms. The number of benzene rings is 1. The quantitative estimate of drug-likeness (QED) is 0.819. The Labute approximate surface area is 142 Å². The smallest absolute Gasteiger partial charge is 0.240 e. The van der Waals surface area contributed by atoms with Crippen molar-refractivity contribution in [3.8, 4) is 0 Å². The summed E-state index contributed by atoms with van der Waals surface area (Å²) in [5.74, 6) is 0.525. The lowest BCUT2D eigenvalue weighted by atomic mass is 10.2. The number of carbonyl (C=O) groups excluding carboxylic acids is 2. The molecule has 1 heterocycles. The van der Waals surface area contributed by atoms with Gasteiger partial charge in [-0.15, -0.1) is 0 Å². The lowest BCUT2D eigenvalue weighted by Gasteiger charge is -2.18. The lowest BCUT2D eigenvalue weighted by Crippen LogP contribution is -2.37. The Morgan fingerprint density at radius 2 is 1.83 bits per heavy atom. The minimum atomic E-state index is -0.268. The molecule has 0 bridgehead atoms. The number of fused-ring (bicyclic) bond motifs is 1. The van der Waals surface area contributed by atoms with Crippen LogP contribution < -0.4 is 10.6 Å². The predicted molar refractivity (Wildman–Crippen MR) is 94.5 cm³/mol. The molecule has 130 valence electrons. The highest BCUT2D eigenvalue weighted by molar-refractivity contribution is 5.81. The van der Waals surface area contributed by atoms with Crippen molar-refractivity contribution in [2.75, 3.05) is 0 Å². The maximum absolute atomic E-state index is 12.4. The van der Waals surface area contributed by atoms with Crippen molar-refractivity contribution in [3.63, 3.8) is 0 Å². The highest BCUT2D eigenvalue weighted by atomic mass is 16.2. The highest BCUT2D eigenvalue weighted by Crippen LogP contribution is 2.20. The number of para-hydroxylation sites is 2. The van der Waals surface area contributed by atoms with Crippen LogP contribution in [0.2, 0.25) is 0 Å². The van der Waals surface area contributed by atoms with Crippen LogP contribution in [0, 0.1) is 0 Å². The SMILES string of the molecule is CCC(CC)NC(=O)Cn1c([C@H](C)NC(C)=O)nc2ccccc21. The van der Waals surface area contributed by atoms with Gasteiger partial charge in [-0.2, -0.15) is 0 Å². The zero-order valence-corrected chi connectivity index (χ0v) is 14.8. The number of hydrogen-bond donors (Lipinski definition) is 2. The molecule has 2 amide bonds. The Morgan fingerprint density at radius 3 is 2.46 bits per heavy atom. The third-order valence-corrected chi connectivity index (χ3v) is 4.14. The summed E-state index contributed by atoms with van der Waals surface area (Å²) in [4.78, 5) is 28.4. The van der Waals surface area contributed by atoms with Crippen molar-refractivity contribution in [1.29, 1.82) is 0 Å². The van der Waals surface area contributed by atoms with E-state index in [1.807, 2.05) is 35.8 Å². The molecule has 0 saturated carbocycles. The van der Waals surface area contributed by atoms with Crippen molar-refractivity contribution in [2.45, 2.75) is 59.2 Å². The average Bonchev–Trinajstić information content (AvgIpc) is 2.91. The van der Waals surface area contributed by atoms with Crippen LogP contribution in [0.5, 0.6) is 0 Å². The van der Waals surface area contributed by atoms with E-state index in [0.29, 0.717) is 5.82 Å². The van der Waals surface area contributed by atoms with Gasteiger partial charge < -0.3 is 15.2 Å². The summed E-state index contributed by atoms with van der Waals surface area (Å²) >= 11 is 0. The molecule has 0 aliphatic carbocycles. The number of hydrogen-bond acceptors (Lipinski definition) is 3. The van der Waals surface area contributed by atoms with E-state index < -0.39 is 0 Å². The molecular formula is C18H26N4O2. The van der Waals surface area contributed by atoms with E-state index in [2.05, 4.69) is 29.5 Å². The molecule has 6 nitrogen and oxygen atoms in total. The number of nitrogens with zero attached hydrogens (tertiary/aromatic N) is 2. The van der Waals surface area contributed by atoms with Crippen molar-refractivity contribution < 1.29 is 9.59 Å². The van der Waals surface area contributed by atoms with E-state index in [4.69, 9.17) is 0 Å². The van der Waals surface area contributed by atoms with Gasteiger partial charge in [-0.05, 0) is 31.9 Å². The summed E-state index contributed by atoms with van der Waals surface area (Å²) < 4.78 is 1.88. The van der Waals surface area contributed by atoms with E-state index in [1.54, 1.807) is 0 Å². The van der Waals surface area contributed by atoms with E-state index in [1.165, 1.54) is 6.92 Å². The fourth-order valence-electron chi connectivity index (χ4n) is 2.87. The van der Waals surface area contributed by atoms with Gasteiger partial charge in [-0.25, -0.2) is 4.98 Å². The molecule has 0 unspecified atom stereocenters.